The zero-order valence-corrected chi connectivity index (χ0v) is 11.7. The van der Waals surface area contributed by atoms with Crippen molar-refractivity contribution in [2.24, 2.45) is 0 Å². The minimum atomic E-state index is -1.10. The second-order valence-corrected chi connectivity index (χ2v) is 5.60. The summed E-state index contributed by atoms with van der Waals surface area (Å²) < 4.78 is 0. The van der Waals surface area contributed by atoms with Gasteiger partial charge in [0.25, 0.3) is 0 Å². The summed E-state index contributed by atoms with van der Waals surface area (Å²) in [6.07, 6.45) is 1.40. The highest BCUT2D eigenvalue weighted by Gasteiger charge is 2.48. The summed E-state index contributed by atoms with van der Waals surface area (Å²) in [5.74, 6) is 0. The third-order valence-electron chi connectivity index (χ3n) is 4.45. The van der Waals surface area contributed by atoms with Gasteiger partial charge in [-0.1, -0.05) is 26.0 Å². The first kappa shape index (κ1) is 13.9. The van der Waals surface area contributed by atoms with Crippen LogP contribution in [0.3, 0.4) is 0 Å². The highest BCUT2D eigenvalue weighted by Crippen LogP contribution is 2.54. The lowest BCUT2D eigenvalue weighted by molar-refractivity contribution is 0.0400. The van der Waals surface area contributed by atoms with E-state index in [1.54, 1.807) is 13.0 Å². The molecule has 19 heavy (non-hydrogen) atoms. The van der Waals surface area contributed by atoms with Crippen molar-refractivity contribution in [2.45, 2.75) is 51.0 Å². The van der Waals surface area contributed by atoms with E-state index in [2.05, 4.69) is 19.2 Å². The van der Waals surface area contributed by atoms with E-state index in [1.165, 1.54) is 0 Å². The van der Waals surface area contributed by atoms with Crippen LogP contribution in [0.25, 0.3) is 0 Å². The molecule has 1 aliphatic carbocycles. The topological polar surface area (TPSA) is 69.6 Å². The van der Waals surface area contributed by atoms with Crippen LogP contribution in [0.1, 0.15) is 51.2 Å². The number of hydrogen-bond donors (Lipinski definition) is 3. The third kappa shape index (κ3) is 2.10. The fourth-order valence-electron chi connectivity index (χ4n) is 3.52. The molecule has 1 aromatic rings. The van der Waals surface area contributed by atoms with E-state index < -0.39 is 11.7 Å². The predicted molar refractivity (Wildman–Crippen MR) is 74.5 cm³/mol. The van der Waals surface area contributed by atoms with Crippen molar-refractivity contribution in [1.82, 2.24) is 0 Å². The van der Waals surface area contributed by atoms with Crippen molar-refractivity contribution in [3.63, 3.8) is 0 Å². The monoisotopic (exact) mass is 263 g/mol. The van der Waals surface area contributed by atoms with Crippen LogP contribution in [-0.2, 0) is 11.0 Å². The molecule has 0 aliphatic heterocycles. The Balaban J connectivity index is 2.63. The number of aliphatic hydroxyl groups is 1. The fourth-order valence-corrected chi connectivity index (χ4v) is 3.52. The van der Waals surface area contributed by atoms with Crippen LogP contribution in [0.5, 0.6) is 0 Å². The van der Waals surface area contributed by atoms with Crippen molar-refractivity contribution in [3.05, 3.63) is 29.3 Å². The van der Waals surface area contributed by atoms with Gasteiger partial charge in [-0.15, -0.1) is 0 Å². The summed E-state index contributed by atoms with van der Waals surface area (Å²) in [6.45, 7) is 6.00. The van der Waals surface area contributed by atoms with Crippen LogP contribution in [0.4, 0.5) is 10.5 Å². The number of carbonyl (C=O) groups is 1. The Hall–Kier alpha value is -1.55. The lowest BCUT2D eigenvalue weighted by Crippen LogP contribution is -2.25. The Morgan fingerprint density at radius 3 is 2.53 bits per heavy atom. The minimum absolute atomic E-state index is 0.0605. The molecule has 1 atom stereocenters. The van der Waals surface area contributed by atoms with Gasteiger partial charge in [-0.25, -0.2) is 4.79 Å². The van der Waals surface area contributed by atoms with Crippen LogP contribution < -0.4 is 5.32 Å². The largest absolute Gasteiger partial charge is 0.465 e. The van der Waals surface area contributed by atoms with Gasteiger partial charge < -0.3 is 10.2 Å². The molecule has 4 nitrogen and oxygen atoms in total. The van der Waals surface area contributed by atoms with Crippen molar-refractivity contribution in [2.75, 3.05) is 5.32 Å². The normalized spacial score (nSPS) is 24.0. The molecule has 4 heteroatoms. The number of amides is 1. The Kier molecular flexibility index (Phi) is 3.31. The second-order valence-electron chi connectivity index (χ2n) is 5.60. The highest BCUT2D eigenvalue weighted by molar-refractivity contribution is 5.85. The molecule has 0 aromatic heterocycles. The maximum absolute atomic E-state index is 10.9. The average Bonchev–Trinajstić information content (AvgIpc) is 2.58. The van der Waals surface area contributed by atoms with E-state index in [0.29, 0.717) is 12.1 Å². The van der Waals surface area contributed by atoms with Gasteiger partial charge in [0.1, 0.15) is 0 Å². The molecule has 0 spiro atoms. The van der Waals surface area contributed by atoms with Gasteiger partial charge in [0.15, 0.2) is 0 Å². The fraction of sp³-hybridized carbons (Fsp3) is 0.533. The number of carboxylic acid groups (broad SMARTS) is 1. The standard InChI is InChI=1S/C15H21NO3/c1-4-15(5-2)9-14(3,19)12-10(15)7-6-8-11(12)16-13(17)18/h6-8,16,19H,4-5,9H2,1-3H3,(H,17,18). The number of hydrogen-bond acceptors (Lipinski definition) is 2. The molecule has 1 aromatic carbocycles. The Morgan fingerprint density at radius 2 is 2.00 bits per heavy atom. The van der Waals surface area contributed by atoms with Gasteiger partial charge >= 0.3 is 6.09 Å². The van der Waals surface area contributed by atoms with Gasteiger partial charge in [0, 0.05) is 5.56 Å². The predicted octanol–water partition coefficient (Wildman–Crippen LogP) is 3.45. The molecule has 2 rings (SSSR count). The van der Waals surface area contributed by atoms with E-state index in [4.69, 9.17) is 5.11 Å². The maximum atomic E-state index is 10.9. The molecule has 0 saturated heterocycles. The molecular formula is C15H21NO3. The van der Waals surface area contributed by atoms with Crippen molar-refractivity contribution < 1.29 is 15.0 Å². The van der Waals surface area contributed by atoms with Crippen LogP contribution in [0.15, 0.2) is 18.2 Å². The van der Waals surface area contributed by atoms with E-state index in [9.17, 15) is 9.90 Å². The zero-order valence-electron chi connectivity index (χ0n) is 11.7. The average molecular weight is 263 g/mol. The van der Waals surface area contributed by atoms with Crippen LogP contribution in [0, 0.1) is 0 Å². The van der Waals surface area contributed by atoms with Crippen LogP contribution in [0.2, 0.25) is 0 Å². The summed E-state index contributed by atoms with van der Waals surface area (Å²) in [5.41, 5.74) is 1.27. The van der Waals surface area contributed by atoms with Crippen molar-refractivity contribution in [3.8, 4) is 0 Å². The van der Waals surface area contributed by atoms with E-state index >= 15 is 0 Å². The zero-order chi connectivity index (χ0) is 14.3. The lowest BCUT2D eigenvalue weighted by atomic mass is 9.76. The van der Waals surface area contributed by atoms with Crippen molar-refractivity contribution in [1.29, 1.82) is 0 Å². The van der Waals surface area contributed by atoms with Crippen LogP contribution >= 0.6 is 0 Å². The first-order chi connectivity index (χ1) is 8.86. The quantitative estimate of drug-likeness (QED) is 0.782. The van der Waals surface area contributed by atoms with Gasteiger partial charge in [0.05, 0.1) is 11.3 Å². The molecule has 1 unspecified atom stereocenters. The first-order valence-electron chi connectivity index (χ1n) is 6.72. The Bertz CT molecular complexity index is 504. The SMILES string of the molecule is CCC1(CC)CC(C)(O)c2c(NC(=O)O)cccc21. The third-order valence-corrected chi connectivity index (χ3v) is 4.45. The molecule has 1 aliphatic rings. The number of nitrogens with one attached hydrogen (secondary N) is 1. The number of fused-ring (bicyclic) bond motifs is 1. The lowest BCUT2D eigenvalue weighted by Gasteiger charge is -2.28. The Labute approximate surface area is 113 Å². The van der Waals surface area contributed by atoms with Gasteiger partial charge in [0.2, 0.25) is 0 Å². The molecule has 1 amide bonds. The molecule has 0 saturated carbocycles. The minimum Gasteiger partial charge on any atom is -0.465 e. The molecule has 0 radical (unpaired) electrons. The molecule has 104 valence electrons. The summed E-state index contributed by atoms with van der Waals surface area (Å²) in [4.78, 5) is 10.9. The van der Waals surface area contributed by atoms with Crippen LogP contribution in [-0.4, -0.2) is 16.3 Å². The smallest absolute Gasteiger partial charge is 0.409 e. The number of rotatable bonds is 3. The summed E-state index contributed by atoms with van der Waals surface area (Å²) in [7, 11) is 0. The molecule has 0 bridgehead atoms. The summed E-state index contributed by atoms with van der Waals surface area (Å²) in [6, 6.07) is 5.57. The Morgan fingerprint density at radius 1 is 1.37 bits per heavy atom. The van der Waals surface area contributed by atoms with E-state index in [-0.39, 0.29) is 5.41 Å². The van der Waals surface area contributed by atoms with E-state index in [0.717, 1.165) is 24.0 Å². The first-order valence-corrected chi connectivity index (χ1v) is 6.72. The second kappa shape index (κ2) is 4.53. The van der Waals surface area contributed by atoms with Gasteiger partial charge in [-0.05, 0) is 43.2 Å². The molecule has 3 N–H and O–H groups in total. The highest BCUT2D eigenvalue weighted by atomic mass is 16.4. The molecule has 0 fully saturated rings. The molecule has 0 heterocycles. The van der Waals surface area contributed by atoms with Gasteiger partial charge in [-0.3, -0.25) is 5.32 Å². The molecular weight excluding hydrogens is 242 g/mol. The number of anilines is 1. The summed E-state index contributed by atoms with van der Waals surface area (Å²) in [5, 5.41) is 22.0. The summed E-state index contributed by atoms with van der Waals surface area (Å²) >= 11 is 0. The van der Waals surface area contributed by atoms with E-state index in [1.807, 2.05) is 12.1 Å². The maximum Gasteiger partial charge on any atom is 0.409 e. The van der Waals surface area contributed by atoms with Gasteiger partial charge in [-0.2, -0.15) is 0 Å². The van der Waals surface area contributed by atoms with Crippen molar-refractivity contribution >= 4 is 11.8 Å². The number of benzene rings is 1.